The molecule has 0 bridgehead atoms. The zero-order valence-electron chi connectivity index (χ0n) is 13.3. The molecule has 0 aliphatic carbocycles. The molecule has 124 valence electrons. The highest BCUT2D eigenvalue weighted by Crippen LogP contribution is 2.11. The summed E-state index contributed by atoms with van der Waals surface area (Å²) < 4.78 is 31.0. The van der Waals surface area contributed by atoms with Gasteiger partial charge in [0, 0.05) is 26.1 Å². The zero-order valence-corrected chi connectivity index (χ0v) is 14.1. The normalized spacial score (nSPS) is 12.9. The quantitative estimate of drug-likeness (QED) is 0.710. The van der Waals surface area contributed by atoms with Crippen molar-refractivity contribution in [3.8, 4) is 0 Å². The fourth-order valence-corrected chi connectivity index (χ4v) is 3.05. The smallest absolute Gasteiger partial charge is 0.240 e. The molecule has 0 saturated carbocycles. The third-order valence-electron chi connectivity index (χ3n) is 3.03. The molecule has 1 rings (SSSR count). The van der Waals surface area contributed by atoms with Crippen LogP contribution in [0.15, 0.2) is 29.2 Å². The van der Waals surface area contributed by atoms with E-state index in [2.05, 4.69) is 10.0 Å². The van der Waals surface area contributed by atoms with E-state index < -0.39 is 10.0 Å². The molecule has 1 aromatic carbocycles. The number of hydrogen-bond donors (Lipinski definition) is 2. The summed E-state index contributed by atoms with van der Waals surface area (Å²) in [5, 5.41) is 2.83. The number of aryl methyl sites for hydroxylation is 1. The zero-order chi connectivity index (χ0) is 16.6. The third-order valence-corrected chi connectivity index (χ3v) is 4.59. The lowest BCUT2D eigenvalue weighted by atomic mass is 10.1. The Morgan fingerprint density at radius 2 is 1.91 bits per heavy atom. The number of methoxy groups -OCH3 is 1. The molecule has 1 amide bonds. The van der Waals surface area contributed by atoms with E-state index in [0.29, 0.717) is 26.0 Å². The van der Waals surface area contributed by atoms with Gasteiger partial charge >= 0.3 is 0 Å². The molecule has 0 radical (unpaired) electrons. The van der Waals surface area contributed by atoms with Crippen molar-refractivity contribution >= 4 is 15.9 Å². The van der Waals surface area contributed by atoms with E-state index in [0.717, 1.165) is 5.56 Å². The SMILES string of the molecule is CCNS(=O)(=O)c1ccc(CCC(=O)N[C@H](C)COC)cc1. The van der Waals surface area contributed by atoms with Gasteiger partial charge in [-0.15, -0.1) is 0 Å². The van der Waals surface area contributed by atoms with Gasteiger partial charge in [0.1, 0.15) is 0 Å². The lowest BCUT2D eigenvalue weighted by molar-refractivity contribution is -0.122. The number of carbonyl (C=O) groups is 1. The number of rotatable bonds is 9. The number of carbonyl (C=O) groups excluding carboxylic acids is 1. The number of benzene rings is 1. The van der Waals surface area contributed by atoms with Gasteiger partial charge in [-0.05, 0) is 31.0 Å². The van der Waals surface area contributed by atoms with Crippen LogP contribution >= 0.6 is 0 Å². The molecule has 6 nitrogen and oxygen atoms in total. The first-order chi connectivity index (χ1) is 10.4. The van der Waals surface area contributed by atoms with E-state index >= 15 is 0 Å². The Bertz CT molecular complexity index is 570. The molecular weight excluding hydrogens is 304 g/mol. The predicted molar refractivity (Wildman–Crippen MR) is 85.1 cm³/mol. The van der Waals surface area contributed by atoms with Crippen LogP contribution in [0.1, 0.15) is 25.8 Å². The minimum absolute atomic E-state index is 0.0230. The summed E-state index contributed by atoms with van der Waals surface area (Å²) in [6.07, 6.45) is 0.917. The average Bonchev–Trinajstić information content (AvgIpc) is 2.45. The Morgan fingerprint density at radius 1 is 1.27 bits per heavy atom. The Hall–Kier alpha value is -1.44. The molecule has 0 spiro atoms. The lowest BCUT2D eigenvalue weighted by Crippen LogP contribution is -2.35. The van der Waals surface area contributed by atoms with Crippen molar-refractivity contribution in [3.05, 3.63) is 29.8 Å². The monoisotopic (exact) mass is 328 g/mol. The van der Waals surface area contributed by atoms with Gasteiger partial charge in [-0.3, -0.25) is 4.79 Å². The molecule has 0 aromatic heterocycles. The molecule has 2 N–H and O–H groups in total. The summed E-state index contributed by atoms with van der Waals surface area (Å²) >= 11 is 0. The van der Waals surface area contributed by atoms with Gasteiger partial charge in [-0.25, -0.2) is 13.1 Å². The van der Waals surface area contributed by atoms with Crippen LogP contribution in [0, 0.1) is 0 Å². The maximum atomic E-state index is 11.8. The first-order valence-corrected chi connectivity index (χ1v) is 8.74. The Balaban J connectivity index is 2.53. The molecule has 0 heterocycles. The van der Waals surface area contributed by atoms with Crippen LogP contribution < -0.4 is 10.0 Å². The number of ether oxygens (including phenoxy) is 1. The molecule has 0 aliphatic heterocycles. The van der Waals surface area contributed by atoms with Gasteiger partial charge < -0.3 is 10.1 Å². The molecule has 0 unspecified atom stereocenters. The average molecular weight is 328 g/mol. The largest absolute Gasteiger partial charge is 0.383 e. The van der Waals surface area contributed by atoms with Crippen molar-refractivity contribution in [3.63, 3.8) is 0 Å². The van der Waals surface area contributed by atoms with E-state index in [-0.39, 0.29) is 16.8 Å². The predicted octanol–water partition coefficient (Wildman–Crippen LogP) is 1.07. The molecule has 1 aromatic rings. The molecule has 0 fully saturated rings. The Kier molecular flexibility index (Phi) is 7.50. The van der Waals surface area contributed by atoms with Crippen LogP contribution in [-0.2, 0) is 26.0 Å². The highest BCUT2D eigenvalue weighted by molar-refractivity contribution is 7.89. The van der Waals surface area contributed by atoms with Crippen molar-refractivity contribution in [2.45, 2.75) is 37.6 Å². The fraction of sp³-hybridized carbons (Fsp3) is 0.533. The number of sulfonamides is 1. The van der Waals surface area contributed by atoms with Crippen LogP contribution in [0.3, 0.4) is 0 Å². The summed E-state index contributed by atoms with van der Waals surface area (Å²) in [6, 6.07) is 6.55. The second kappa shape index (κ2) is 8.87. The summed E-state index contributed by atoms with van der Waals surface area (Å²) in [5.41, 5.74) is 0.921. The molecule has 1 atom stereocenters. The van der Waals surface area contributed by atoms with Gasteiger partial charge in [0.25, 0.3) is 0 Å². The molecule has 22 heavy (non-hydrogen) atoms. The summed E-state index contributed by atoms with van der Waals surface area (Å²) in [4.78, 5) is 12.0. The van der Waals surface area contributed by atoms with Crippen LogP contribution in [0.5, 0.6) is 0 Å². The first-order valence-electron chi connectivity index (χ1n) is 7.26. The summed E-state index contributed by atoms with van der Waals surface area (Å²) in [5.74, 6) is -0.0473. The molecule has 0 saturated heterocycles. The highest BCUT2D eigenvalue weighted by Gasteiger charge is 2.12. The van der Waals surface area contributed by atoms with E-state index in [1.807, 2.05) is 6.92 Å². The Labute approximate surface area is 132 Å². The van der Waals surface area contributed by atoms with Gasteiger partial charge in [-0.1, -0.05) is 19.1 Å². The minimum atomic E-state index is -3.42. The second-order valence-electron chi connectivity index (χ2n) is 5.07. The first kappa shape index (κ1) is 18.6. The van der Waals surface area contributed by atoms with Gasteiger partial charge in [-0.2, -0.15) is 0 Å². The highest BCUT2D eigenvalue weighted by atomic mass is 32.2. The Morgan fingerprint density at radius 3 is 2.45 bits per heavy atom. The molecular formula is C15H24N2O4S. The van der Waals surface area contributed by atoms with Crippen LogP contribution in [0.25, 0.3) is 0 Å². The van der Waals surface area contributed by atoms with Gasteiger partial charge in [0.05, 0.1) is 11.5 Å². The van der Waals surface area contributed by atoms with E-state index in [9.17, 15) is 13.2 Å². The lowest BCUT2D eigenvalue weighted by Gasteiger charge is -2.12. The third kappa shape index (κ3) is 6.13. The molecule has 0 aliphatic rings. The van der Waals surface area contributed by atoms with Crippen molar-refractivity contribution in [1.82, 2.24) is 10.0 Å². The van der Waals surface area contributed by atoms with Crippen molar-refractivity contribution in [1.29, 1.82) is 0 Å². The maximum Gasteiger partial charge on any atom is 0.240 e. The van der Waals surface area contributed by atoms with Crippen LogP contribution in [0.4, 0.5) is 0 Å². The van der Waals surface area contributed by atoms with Crippen LogP contribution in [-0.4, -0.2) is 40.6 Å². The van der Waals surface area contributed by atoms with Crippen LogP contribution in [0.2, 0.25) is 0 Å². The van der Waals surface area contributed by atoms with Gasteiger partial charge in [0.2, 0.25) is 15.9 Å². The standard InChI is InChI=1S/C15H24N2O4S/c1-4-16-22(19,20)14-8-5-13(6-9-14)7-10-15(18)17-12(2)11-21-3/h5-6,8-9,12,16H,4,7,10-11H2,1-3H3,(H,17,18)/t12-/m1/s1. The second-order valence-corrected chi connectivity index (χ2v) is 6.84. The molecule has 7 heteroatoms. The summed E-state index contributed by atoms with van der Waals surface area (Å²) in [6.45, 7) is 4.43. The van der Waals surface area contributed by atoms with Crippen molar-refractivity contribution in [2.75, 3.05) is 20.3 Å². The van der Waals surface area contributed by atoms with E-state index in [1.165, 1.54) is 0 Å². The van der Waals surface area contributed by atoms with Crippen molar-refractivity contribution < 1.29 is 17.9 Å². The van der Waals surface area contributed by atoms with Gasteiger partial charge in [0.15, 0.2) is 0 Å². The summed E-state index contributed by atoms with van der Waals surface area (Å²) in [7, 11) is -1.83. The topological polar surface area (TPSA) is 84.5 Å². The number of nitrogens with one attached hydrogen (secondary N) is 2. The van der Waals surface area contributed by atoms with Crippen molar-refractivity contribution in [2.24, 2.45) is 0 Å². The number of hydrogen-bond acceptors (Lipinski definition) is 4. The van der Waals surface area contributed by atoms with E-state index in [4.69, 9.17) is 4.74 Å². The minimum Gasteiger partial charge on any atom is -0.383 e. The fourth-order valence-electron chi connectivity index (χ4n) is 2.01. The maximum absolute atomic E-state index is 11.8. The van der Waals surface area contributed by atoms with E-state index in [1.54, 1.807) is 38.3 Å². The number of amides is 1.